The van der Waals surface area contributed by atoms with Gasteiger partial charge in [0, 0.05) is 6.08 Å². The van der Waals surface area contributed by atoms with Crippen molar-refractivity contribution in [1.82, 2.24) is 5.32 Å². The van der Waals surface area contributed by atoms with Crippen LogP contribution >= 0.6 is 23.8 Å². The second kappa shape index (κ2) is 8.13. The van der Waals surface area contributed by atoms with Crippen molar-refractivity contribution in [2.45, 2.75) is 6.18 Å². The Labute approximate surface area is 152 Å². The van der Waals surface area contributed by atoms with Crippen LogP contribution in [0.2, 0.25) is 5.02 Å². The Morgan fingerprint density at radius 3 is 2.40 bits per heavy atom. The number of rotatable bonds is 3. The number of halogens is 4. The average molecular weight is 385 g/mol. The molecule has 0 heterocycles. The van der Waals surface area contributed by atoms with Gasteiger partial charge in [-0.05, 0) is 42.1 Å². The first-order valence-electron chi connectivity index (χ1n) is 6.97. The summed E-state index contributed by atoms with van der Waals surface area (Å²) in [6.07, 6.45) is -1.60. The summed E-state index contributed by atoms with van der Waals surface area (Å²) in [7, 11) is 0. The third kappa shape index (κ3) is 5.88. The molecule has 3 nitrogen and oxygen atoms in total. The summed E-state index contributed by atoms with van der Waals surface area (Å²) in [5.74, 6) is -0.482. The minimum Gasteiger partial charge on any atom is -0.331 e. The van der Waals surface area contributed by atoms with E-state index < -0.39 is 17.6 Å². The number of carbonyl (C=O) groups is 1. The monoisotopic (exact) mass is 384 g/mol. The SMILES string of the molecule is O=C(/C=C/c1ccccc1)NC(=S)Nc1ccc(C(F)(F)F)cc1Cl. The second-order valence-corrected chi connectivity index (χ2v) is 5.70. The molecule has 0 aliphatic heterocycles. The molecule has 0 aromatic heterocycles. The van der Waals surface area contributed by atoms with Crippen molar-refractivity contribution in [3.8, 4) is 0 Å². The van der Waals surface area contributed by atoms with Crippen LogP contribution in [0.5, 0.6) is 0 Å². The number of hydrogen-bond donors (Lipinski definition) is 2. The van der Waals surface area contributed by atoms with Crippen LogP contribution in [-0.2, 0) is 11.0 Å². The molecule has 25 heavy (non-hydrogen) atoms. The van der Waals surface area contributed by atoms with Crippen molar-refractivity contribution in [2.24, 2.45) is 0 Å². The largest absolute Gasteiger partial charge is 0.416 e. The molecule has 0 fully saturated rings. The number of amides is 1. The van der Waals surface area contributed by atoms with Crippen LogP contribution in [0.1, 0.15) is 11.1 Å². The molecule has 0 aliphatic carbocycles. The molecule has 1 amide bonds. The lowest BCUT2D eigenvalue weighted by Crippen LogP contribution is -2.32. The number of anilines is 1. The average Bonchev–Trinajstić information content (AvgIpc) is 2.55. The number of benzene rings is 2. The quantitative estimate of drug-likeness (QED) is 0.585. The van der Waals surface area contributed by atoms with Crippen molar-refractivity contribution in [2.75, 3.05) is 5.32 Å². The highest BCUT2D eigenvalue weighted by atomic mass is 35.5. The fourth-order valence-electron chi connectivity index (χ4n) is 1.84. The Bertz CT molecular complexity index is 807. The zero-order valence-electron chi connectivity index (χ0n) is 12.6. The van der Waals surface area contributed by atoms with Crippen molar-refractivity contribution in [3.63, 3.8) is 0 Å². The highest BCUT2D eigenvalue weighted by molar-refractivity contribution is 7.80. The molecule has 0 radical (unpaired) electrons. The highest BCUT2D eigenvalue weighted by Crippen LogP contribution is 2.33. The number of nitrogens with one attached hydrogen (secondary N) is 2. The predicted molar refractivity (Wildman–Crippen MR) is 96.3 cm³/mol. The summed E-state index contributed by atoms with van der Waals surface area (Å²) in [6, 6.07) is 11.9. The van der Waals surface area contributed by atoms with E-state index in [9.17, 15) is 18.0 Å². The molecule has 2 aromatic rings. The van der Waals surface area contributed by atoms with E-state index in [1.165, 1.54) is 6.08 Å². The summed E-state index contributed by atoms with van der Waals surface area (Å²) in [5.41, 5.74) is 0.123. The Morgan fingerprint density at radius 1 is 1.12 bits per heavy atom. The first kappa shape index (κ1) is 19.0. The normalized spacial score (nSPS) is 11.4. The van der Waals surface area contributed by atoms with Crippen LogP contribution in [0.3, 0.4) is 0 Å². The Kier molecular flexibility index (Phi) is 6.17. The lowest BCUT2D eigenvalue weighted by Gasteiger charge is -2.12. The van der Waals surface area contributed by atoms with Crippen LogP contribution in [-0.4, -0.2) is 11.0 Å². The fraction of sp³-hybridized carbons (Fsp3) is 0.0588. The molecule has 2 rings (SSSR count). The van der Waals surface area contributed by atoms with Crippen molar-refractivity contribution < 1.29 is 18.0 Å². The van der Waals surface area contributed by atoms with Crippen molar-refractivity contribution in [3.05, 3.63) is 70.8 Å². The third-order valence-corrected chi connectivity index (χ3v) is 3.52. The van der Waals surface area contributed by atoms with E-state index in [1.807, 2.05) is 30.3 Å². The lowest BCUT2D eigenvalue weighted by molar-refractivity contribution is -0.137. The molecular weight excluding hydrogens is 373 g/mol. The van der Waals surface area contributed by atoms with Gasteiger partial charge in [-0.15, -0.1) is 0 Å². The first-order valence-corrected chi connectivity index (χ1v) is 7.76. The number of alkyl halides is 3. The maximum absolute atomic E-state index is 12.6. The Morgan fingerprint density at radius 2 is 1.80 bits per heavy atom. The van der Waals surface area contributed by atoms with Gasteiger partial charge >= 0.3 is 6.18 Å². The first-order chi connectivity index (χ1) is 11.8. The molecule has 0 bridgehead atoms. The molecule has 0 aliphatic rings. The maximum Gasteiger partial charge on any atom is 0.416 e. The van der Waals surface area contributed by atoms with E-state index in [1.54, 1.807) is 6.08 Å². The van der Waals surface area contributed by atoms with Gasteiger partial charge in [0.25, 0.3) is 0 Å². The third-order valence-electron chi connectivity index (χ3n) is 3.01. The number of carbonyl (C=O) groups excluding carboxylic acids is 1. The van der Waals surface area contributed by atoms with Gasteiger partial charge in [0.05, 0.1) is 16.3 Å². The molecule has 2 N–H and O–H groups in total. The van der Waals surface area contributed by atoms with Crippen LogP contribution in [0.15, 0.2) is 54.6 Å². The minimum atomic E-state index is -4.49. The van der Waals surface area contributed by atoms with E-state index >= 15 is 0 Å². The molecule has 0 spiro atoms. The van der Waals surface area contributed by atoms with Gasteiger partial charge in [-0.2, -0.15) is 13.2 Å². The zero-order valence-corrected chi connectivity index (χ0v) is 14.2. The Hall–Kier alpha value is -2.38. The summed E-state index contributed by atoms with van der Waals surface area (Å²) >= 11 is 10.8. The standard InChI is InChI=1S/C17H12ClF3N2OS/c18-13-10-12(17(19,20)21)7-8-14(13)22-16(25)23-15(24)9-6-11-4-2-1-3-5-11/h1-10H,(H2,22,23,24,25)/b9-6+. The smallest absolute Gasteiger partial charge is 0.331 e. The molecule has 0 saturated carbocycles. The topological polar surface area (TPSA) is 41.1 Å². The van der Waals surface area contributed by atoms with E-state index in [2.05, 4.69) is 10.6 Å². The molecule has 0 saturated heterocycles. The van der Waals surface area contributed by atoms with Crippen LogP contribution < -0.4 is 10.6 Å². The van der Waals surface area contributed by atoms with Gasteiger partial charge in [-0.1, -0.05) is 41.9 Å². The van der Waals surface area contributed by atoms with Gasteiger partial charge < -0.3 is 5.32 Å². The van der Waals surface area contributed by atoms with Crippen molar-refractivity contribution in [1.29, 1.82) is 0 Å². The molecular formula is C17H12ClF3N2OS. The number of thiocarbonyl (C=S) groups is 1. The van der Waals surface area contributed by atoms with E-state index in [0.29, 0.717) is 0 Å². The lowest BCUT2D eigenvalue weighted by atomic mass is 10.2. The zero-order chi connectivity index (χ0) is 18.4. The summed E-state index contributed by atoms with van der Waals surface area (Å²) in [4.78, 5) is 11.8. The van der Waals surface area contributed by atoms with Crippen LogP contribution in [0.25, 0.3) is 6.08 Å². The fourth-order valence-corrected chi connectivity index (χ4v) is 2.27. The van der Waals surface area contributed by atoms with Crippen molar-refractivity contribution >= 4 is 46.6 Å². The molecule has 0 atom stereocenters. The molecule has 0 unspecified atom stereocenters. The predicted octanol–water partition coefficient (Wildman–Crippen LogP) is 4.89. The molecule has 2 aromatic carbocycles. The highest BCUT2D eigenvalue weighted by Gasteiger charge is 2.30. The van der Waals surface area contributed by atoms with Gasteiger partial charge in [0.2, 0.25) is 5.91 Å². The molecule has 8 heteroatoms. The van der Waals surface area contributed by atoms with Gasteiger partial charge in [0.15, 0.2) is 5.11 Å². The van der Waals surface area contributed by atoms with E-state index in [-0.39, 0.29) is 15.8 Å². The van der Waals surface area contributed by atoms with Gasteiger partial charge in [-0.25, -0.2) is 0 Å². The van der Waals surface area contributed by atoms with Gasteiger partial charge in [-0.3, -0.25) is 10.1 Å². The summed E-state index contributed by atoms with van der Waals surface area (Å²) < 4.78 is 37.8. The van der Waals surface area contributed by atoms with Crippen LogP contribution in [0.4, 0.5) is 18.9 Å². The van der Waals surface area contributed by atoms with E-state index in [0.717, 1.165) is 23.8 Å². The summed E-state index contributed by atoms with van der Waals surface area (Å²) in [5, 5.41) is 4.73. The summed E-state index contributed by atoms with van der Waals surface area (Å²) in [6.45, 7) is 0. The van der Waals surface area contributed by atoms with Gasteiger partial charge in [0.1, 0.15) is 0 Å². The Balaban J connectivity index is 1.96. The maximum atomic E-state index is 12.6. The van der Waals surface area contributed by atoms with E-state index in [4.69, 9.17) is 23.8 Å². The second-order valence-electron chi connectivity index (χ2n) is 4.88. The van der Waals surface area contributed by atoms with Crippen LogP contribution in [0, 0.1) is 0 Å². The molecule has 130 valence electrons. The minimum absolute atomic E-state index is 0.0793. The number of hydrogen-bond acceptors (Lipinski definition) is 2.